The summed E-state index contributed by atoms with van der Waals surface area (Å²) in [6, 6.07) is 5.02. The maximum Gasteiger partial charge on any atom is 0.296 e. The van der Waals surface area contributed by atoms with Crippen LogP contribution in [0.3, 0.4) is 0 Å². The van der Waals surface area contributed by atoms with E-state index in [0.29, 0.717) is 6.42 Å². The molecule has 6 heteroatoms. The fraction of sp³-hybridized carbons (Fsp3) is 0.429. The molecule has 0 aliphatic heterocycles. The third kappa shape index (κ3) is 3.96. The molecule has 0 heterocycles. The van der Waals surface area contributed by atoms with Gasteiger partial charge in [0.1, 0.15) is 11.5 Å². The molecule has 27 heavy (non-hydrogen) atoms. The second-order valence-corrected chi connectivity index (χ2v) is 8.18. The molecule has 2 aromatic carbocycles. The van der Waals surface area contributed by atoms with E-state index in [1.165, 1.54) is 0 Å². The van der Waals surface area contributed by atoms with Crippen molar-refractivity contribution in [2.24, 2.45) is 0 Å². The Morgan fingerprint density at radius 2 is 1.48 bits per heavy atom. The number of ether oxygens (including phenoxy) is 2. The van der Waals surface area contributed by atoms with E-state index in [0.717, 1.165) is 44.9 Å². The second-order valence-electron chi connectivity index (χ2n) is 6.57. The lowest BCUT2D eigenvalue weighted by Crippen LogP contribution is -2.08. The summed E-state index contributed by atoms with van der Waals surface area (Å²) in [6.45, 7) is 9.88. The minimum Gasteiger partial charge on any atom is -0.496 e. The highest BCUT2D eigenvalue weighted by Crippen LogP contribution is 2.44. The molecule has 0 fully saturated rings. The van der Waals surface area contributed by atoms with Crippen LogP contribution < -0.4 is 9.47 Å². The molecule has 0 amide bonds. The van der Waals surface area contributed by atoms with E-state index in [-0.39, 0.29) is 11.5 Å². The van der Waals surface area contributed by atoms with Crippen LogP contribution >= 0.6 is 0 Å². The standard InChI is InChI=1S/C21H28O5S/c1-8-11-26-27(22,23)17-10-9-13(2)18(12-17)19-16(5)20(24-6)14(3)15(4)21(19)25-7/h9-10,12H,8,11H2,1-7H3. The maximum absolute atomic E-state index is 12.5. The summed E-state index contributed by atoms with van der Waals surface area (Å²) in [4.78, 5) is 0.134. The molecule has 5 nitrogen and oxygen atoms in total. The highest BCUT2D eigenvalue weighted by atomic mass is 32.2. The predicted molar refractivity (Wildman–Crippen MR) is 107 cm³/mol. The van der Waals surface area contributed by atoms with Crippen molar-refractivity contribution >= 4 is 10.1 Å². The van der Waals surface area contributed by atoms with Crippen LogP contribution in [0.4, 0.5) is 0 Å². The molecular formula is C21H28O5S. The largest absolute Gasteiger partial charge is 0.496 e. The van der Waals surface area contributed by atoms with Crippen LogP contribution in [0.25, 0.3) is 11.1 Å². The topological polar surface area (TPSA) is 61.8 Å². The first-order valence-corrected chi connectivity index (χ1v) is 10.3. The van der Waals surface area contributed by atoms with Crippen molar-refractivity contribution in [3.8, 4) is 22.6 Å². The van der Waals surface area contributed by atoms with Crippen LogP contribution in [0.5, 0.6) is 11.5 Å². The first-order valence-electron chi connectivity index (χ1n) is 8.91. The van der Waals surface area contributed by atoms with Crippen LogP contribution in [0.1, 0.15) is 35.6 Å². The normalized spacial score (nSPS) is 11.5. The van der Waals surface area contributed by atoms with E-state index >= 15 is 0 Å². The summed E-state index contributed by atoms with van der Waals surface area (Å²) in [5.74, 6) is 1.50. The average molecular weight is 393 g/mol. The maximum atomic E-state index is 12.5. The molecule has 0 radical (unpaired) electrons. The number of aryl methyl sites for hydroxylation is 1. The Morgan fingerprint density at radius 3 is 2.04 bits per heavy atom. The zero-order chi connectivity index (χ0) is 20.4. The van der Waals surface area contributed by atoms with Crippen molar-refractivity contribution in [1.82, 2.24) is 0 Å². The summed E-state index contributed by atoms with van der Waals surface area (Å²) in [7, 11) is -0.549. The van der Waals surface area contributed by atoms with Crippen LogP contribution in [0.15, 0.2) is 23.1 Å². The Labute approximate surface area is 162 Å². The van der Waals surface area contributed by atoms with Gasteiger partial charge in [0.15, 0.2) is 0 Å². The minimum atomic E-state index is -3.81. The van der Waals surface area contributed by atoms with E-state index in [1.807, 2.05) is 34.6 Å². The first kappa shape index (κ1) is 21.3. The summed E-state index contributed by atoms with van der Waals surface area (Å²) >= 11 is 0. The van der Waals surface area contributed by atoms with Gasteiger partial charge in [0.2, 0.25) is 0 Å². The number of methoxy groups -OCH3 is 2. The number of benzene rings is 2. The Kier molecular flexibility index (Phi) is 6.54. The van der Waals surface area contributed by atoms with Gasteiger partial charge in [-0.15, -0.1) is 0 Å². The first-order chi connectivity index (χ1) is 12.7. The van der Waals surface area contributed by atoms with Gasteiger partial charge in [0.25, 0.3) is 10.1 Å². The van der Waals surface area contributed by atoms with Gasteiger partial charge in [-0.2, -0.15) is 8.42 Å². The Morgan fingerprint density at radius 1 is 0.889 bits per heavy atom. The van der Waals surface area contributed by atoms with E-state index < -0.39 is 10.1 Å². The van der Waals surface area contributed by atoms with Gasteiger partial charge in [0, 0.05) is 11.1 Å². The third-order valence-corrected chi connectivity index (χ3v) is 6.11. The average Bonchev–Trinajstić information content (AvgIpc) is 2.64. The van der Waals surface area contributed by atoms with Crippen molar-refractivity contribution < 1.29 is 22.1 Å². The molecule has 0 aliphatic rings. The van der Waals surface area contributed by atoms with Gasteiger partial charge in [-0.1, -0.05) is 13.0 Å². The van der Waals surface area contributed by atoms with Gasteiger partial charge in [0.05, 0.1) is 25.7 Å². The molecule has 0 saturated heterocycles. The molecule has 0 N–H and O–H groups in total. The van der Waals surface area contributed by atoms with Crippen LogP contribution in [-0.2, 0) is 14.3 Å². The molecule has 0 saturated carbocycles. The molecule has 0 bridgehead atoms. The molecular weight excluding hydrogens is 364 g/mol. The molecule has 2 rings (SSSR count). The van der Waals surface area contributed by atoms with Gasteiger partial charge < -0.3 is 9.47 Å². The van der Waals surface area contributed by atoms with E-state index in [4.69, 9.17) is 13.7 Å². The summed E-state index contributed by atoms with van der Waals surface area (Å²) in [5.41, 5.74) is 5.43. The lowest BCUT2D eigenvalue weighted by atomic mass is 9.90. The minimum absolute atomic E-state index is 0.134. The number of hydrogen-bond acceptors (Lipinski definition) is 5. The monoisotopic (exact) mass is 392 g/mol. The number of hydrogen-bond donors (Lipinski definition) is 0. The summed E-state index contributed by atoms with van der Waals surface area (Å²) in [6.07, 6.45) is 0.624. The lowest BCUT2D eigenvalue weighted by molar-refractivity contribution is 0.318. The van der Waals surface area contributed by atoms with Crippen LogP contribution in [0.2, 0.25) is 0 Å². The Balaban J connectivity index is 2.79. The van der Waals surface area contributed by atoms with Crippen molar-refractivity contribution in [2.45, 2.75) is 45.9 Å². The Hall–Kier alpha value is -2.05. The number of rotatable bonds is 7. The van der Waals surface area contributed by atoms with Gasteiger partial charge in [-0.25, -0.2) is 0 Å². The molecule has 0 spiro atoms. The quantitative estimate of drug-likeness (QED) is 0.638. The zero-order valence-corrected chi connectivity index (χ0v) is 17.9. The van der Waals surface area contributed by atoms with Gasteiger partial charge in [-0.05, 0) is 68.5 Å². The fourth-order valence-electron chi connectivity index (χ4n) is 3.27. The molecule has 0 atom stereocenters. The highest BCUT2D eigenvalue weighted by Gasteiger charge is 2.23. The second kappa shape index (κ2) is 8.31. The predicted octanol–water partition coefficient (Wildman–Crippen LogP) is 4.72. The highest BCUT2D eigenvalue weighted by molar-refractivity contribution is 7.86. The van der Waals surface area contributed by atoms with Gasteiger partial charge in [-0.3, -0.25) is 4.18 Å². The van der Waals surface area contributed by atoms with Crippen molar-refractivity contribution in [2.75, 3.05) is 20.8 Å². The van der Waals surface area contributed by atoms with Crippen molar-refractivity contribution in [1.29, 1.82) is 0 Å². The molecule has 0 aliphatic carbocycles. The third-order valence-electron chi connectivity index (χ3n) is 4.80. The Bertz CT molecular complexity index is 946. The van der Waals surface area contributed by atoms with Crippen LogP contribution in [0, 0.1) is 27.7 Å². The van der Waals surface area contributed by atoms with Crippen molar-refractivity contribution in [3.63, 3.8) is 0 Å². The fourth-order valence-corrected chi connectivity index (χ4v) is 4.28. The molecule has 0 unspecified atom stereocenters. The van der Waals surface area contributed by atoms with Gasteiger partial charge >= 0.3 is 0 Å². The smallest absolute Gasteiger partial charge is 0.296 e. The summed E-state index contributed by atoms with van der Waals surface area (Å²) < 4.78 is 41.4. The van der Waals surface area contributed by atoms with Crippen molar-refractivity contribution in [3.05, 3.63) is 40.5 Å². The molecule has 148 valence electrons. The SMILES string of the molecule is CCCOS(=O)(=O)c1ccc(C)c(-c2c(C)c(OC)c(C)c(C)c2OC)c1. The van der Waals surface area contributed by atoms with E-state index in [1.54, 1.807) is 32.4 Å². The van der Waals surface area contributed by atoms with E-state index in [9.17, 15) is 8.42 Å². The zero-order valence-electron chi connectivity index (χ0n) is 17.1. The summed E-state index contributed by atoms with van der Waals surface area (Å²) in [5, 5.41) is 0. The van der Waals surface area contributed by atoms with Crippen LogP contribution in [-0.4, -0.2) is 29.2 Å². The molecule has 0 aromatic heterocycles. The van der Waals surface area contributed by atoms with E-state index in [2.05, 4.69) is 0 Å². The molecule has 2 aromatic rings. The lowest BCUT2D eigenvalue weighted by Gasteiger charge is -2.22.